The van der Waals surface area contributed by atoms with E-state index in [9.17, 15) is 0 Å². The van der Waals surface area contributed by atoms with E-state index >= 15 is 0 Å². The normalized spacial score (nSPS) is 43.1. The summed E-state index contributed by atoms with van der Waals surface area (Å²) in [4.78, 5) is 4.88. The van der Waals surface area contributed by atoms with Gasteiger partial charge < -0.3 is 9.84 Å². The van der Waals surface area contributed by atoms with Crippen LogP contribution >= 0.6 is 12.4 Å². The molecule has 0 amide bonds. The van der Waals surface area contributed by atoms with Crippen LogP contribution in [0.3, 0.4) is 0 Å². The molecule has 5 aliphatic rings. The maximum Gasteiger partial charge on any atom is 0.243 e. The zero-order valence-corrected chi connectivity index (χ0v) is 13.9. The van der Waals surface area contributed by atoms with Crippen LogP contribution in [0.25, 0.3) is 0 Å². The van der Waals surface area contributed by atoms with Crippen LogP contribution in [0.1, 0.15) is 75.5 Å². The highest BCUT2D eigenvalue weighted by molar-refractivity contribution is 5.85. The van der Waals surface area contributed by atoms with Crippen LogP contribution < -0.4 is 5.32 Å². The van der Waals surface area contributed by atoms with Gasteiger partial charge in [-0.25, -0.2) is 0 Å². The molecule has 6 rings (SSSR count). The van der Waals surface area contributed by atoms with Crippen molar-refractivity contribution in [3.8, 4) is 0 Å². The number of aromatic nitrogens is 2. The SMILES string of the molecule is C1CC[C@H](c2nc(C34CC5CC(CC(C5)C3)C4)no2)NC1.Cl. The molecule has 4 aliphatic carbocycles. The molecule has 22 heavy (non-hydrogen) atoms. The lowest BCUT2D eigenvalue weighted by atomic mass is 9.49. The average Bonchev–Trinajstić information content (AvgIpc) is 2.97. The first-order chi connectivity index (χ1) is 10.3. The minimum atomic E-state index is 0. The number of piperidine rings is 1. The van der Waals surface area contributed by atoms with Gasteiger partial charge in [0.15, 0.2) is 5.82 Å². The molecule has 0 radical (unpaired) electrons. The Labute approximate surface area is 138 Å². The summed E-state index contributed by atoms with van der Waals surface area (Å²) in [6.45, 7) is 1.08. The molecule has 5 fully saturated rings. The Hall–Kier alpha value is -0.610. The Morgan fingerprint density at radius 1 is 1.00 bits per heavy atom. The van der Waals surface area contributed by atoms with E-state index in [0.29, 0.717) is 6.04 Å². The number of halogens is 1. The number of hydrogen-bond donors (Lipinski definition) is 1. The molecule has 1 atom stereocenters. The second kappa shape index (κ2) is 5.48. The van der Waals surface area contributed by atoms with Gasteiger partial charge in [0.1, 0.15) is 0 Å². The van der Waals surface area contributed by atoms with Crippen molar-refractivity contribution in [3.63, 3.8) is 0 Å². The van der Waals surface area contributed by atoms with E-state index in [-0.39, 0.29) is 17.8 Å². The van der Waals surface area contributed by atoms with Crippen molar-refractivity contribution in [1.29, 1.82) is 0 Å². The lowest BCUT2D eigenvalue weighted by molar-refractivity contribution is -0.0103. The molecule has 2 heterocycles. The maximum absolute atomic E-state index is 5.67. The van der Waals surface area contributed by atoms with Crippen molar-refractivity contribution in [2.24, 2.45) is 17.8 Å². The average molecular weight is 324 g/mol. The predicted molar refractivity (Wildman–Crippen MR) is 86.0 cm³/mol. The Morgan fingerprint density at radius 2 is 1.68 bits per heavy atom. The molecule has 1 aromatic heterocycles. The van der Waals surface area contributed by atoms with Crippen molar-refractivity contribution in [3.05, 3.63) is 11.7 Å². The zero-order chi connectivity index (χ0) is 13.9. The first kappa shape index (κ1) is 14.9. The fourth-order valence-electron chi connectivity index (χ4n) is 6.04. The summed E-state index contributed by atoms with van der Waals surface area (Å²) in [5.41, 5.74) is 0.269. The van der Waals surface area contributed by atoms with Crippen LogP contribution in [0, 0.1) is 17.8 Å². The quantitative estimate of drug-likeness (QED) is 0.900. The van der Waals surface area contributed by atoms with Crippen LogP contribution in [-0.4, -0.2) is 16.7 Å². The number of rotatable bonds is 2. The fraction of sp³-hybridized carbons (Fsp3) is 0.882. The third-order valence-electron chi connectivity index (χ3n) is 6.56. The van der Waals surface area contributed by atoms with Gasteiger partial charge in [-0.2, -0.15) is 4.98 Å². The van der Waals surface area contributed by atoms with Crippen molar-refractivity contribution in [2.75, 3.05) is 6.54 Å². The molecule has 1 aromatic rings. The Kier molecular flexibility index (Phi) is 3.73. The standard InChI is InChI=1S/C17H25N3O.ClH/c1-2-4-18-14(3-1)15-19-16(20-21-15)17-8-11-5-12(9-17)7-13(6-11)10-17;/h11-14,18H,1-10H2;1H/t11?,12?,13?,14-,17?;/m1./s1. The van der Waals surface area contributed by atoms with Gasteiger partial charge in [-0.1, -0.05) is 11.6 Å². The number of hydrogen-bond acceptors (Lipinski definition) is 4. The molecular weight excluding hydrogens is 298 g/mol. The van der Waals surface area contributed by atoms with Gasteiger partial charge in [-0.3, -0.25) is 0 Å². The van der Waals surface area contributed by atoms with Crippen LogP contribution in [-0.2, 0) is 5.41 Å². The third kappa shape index (κ3) is 2.30. The van der Waals surface area contributed by atoms with Gasteiger partial charge in [0.25, 0.3) is 0 Å². The van der Waals surface area contributed by atoms with E-state index in [1.54, 1.807) is 0 Å². The van der Waals surface area contributed by atoms with Gasteiger partial charge >= 0.3 is 0 Å². The van der Waals surface area contributed by atoms with Crippen LogP contribution in [0.15, 0.2) is 4.52 Å². The Balaban J connectivity index is 0.00000125. The Morgan fingerprint density at radius 3 is 2.27 bits per heavy atom. The van der Waals surface area contributed by atoms with E-state index < -0.39 is 0 Å². The van der Waals surface area contributed by atoms with Crippen LogP contribution in [0.2, 0.25) is 0 Å². The van der Waals surface area contributed by atoms with Gasteiger partial charge in [0, 0.05) is 5.41 Å². The highest BCUT2D eigenvalue weighted by atomic mass is 35.5. The minimum Gasteiger partial charge on any atom is -0.338 e. The first-order valence-corrected chi connectivity index (χ1v) is 8.88. The molecule has 1 N–H and O–H groups in total. The summed E-state index contributed by atoms with van der Waals surface area (Å²) < 4.78 is 5.67. The van der Waals surface area contributed by atoms with Gasteiger partial charge in [-0.05, 0) is 75.7 Å². The second-order valence-corrected chi connectivity index (χ2v) is 8.16. The molecule has 4 nitrogen and oxygen atoms in total. The van der Waals surface area contributed by atoms with E-state index in [0.717, 1.165) is 42.4 Å². The van der Waals surface area contributed by atoms with E-state index in [4.69, 9.17) is 9.51 Å². The molecule has 0 spiro atoms. The van der Waals surface area contributed by atoms with Crippen molar-refractivity contribution in [2.45, 2.75) is 69.2 Å². The number of nitrogens with zero attached hydrogens (tertiary/aromatic N) is 2. The predicted octanol–water partition coefficient (Wildman–Crippen LogP) is 3.77. The van der Waals surface area contributed by atoms with E-state index in [2.05, 4.69) is 10.5 Å². The molecule has 0 aromatic carbocycles. The van der Waals surface area contributed by atoms with E-state index in [1.165, 1.54) is 51.4 Å². The highest BCUT2D eigenvalue weighted by Gasteiger charge is 2.53. The molecule has 4 bridgehead atoms. The van der Waals surface area contributed by atoms with Gasteiger partial charge in [-0.15, -0.1) is 12.4 Å². The van der Waals surface area contributed by atoms with Crippen molar-refractivity contribution < 1.29 is 4.52 Å². The fourth-order valence-corrected chi connectivity index (χ4v) is 6.04. The second-order valence-electron chi connectivity index (χ2n) is 8.16. The molecule has 1 saturated heterocycles. The maximum atomic E-state index is 5.67. The minimum absolute atomic E-state index is 0. The molecule has 1 aliphatic heterocycles. The van der Waals surface area contributed by atoms with E-state index in [1.807, 2.05) is 0 Å². The first-order valence-electron chi connectivity index (χ1n) is 8.88. The van der Waals surface area contributed by atoms with Crippen LogP contribution in [0.4, 0.5) is 0 Å². The summed E-state index contributed by atoms with van der Waals surface area (Å²) in [5, 5.41) is 7.98. The van der Waals surface area contributed by atoms with Gasteiger partial charge in [0.2, 0.25) is 5.89 Å². The van der Waals surface area contributed by atoms with Crippen molar-refractivity contribution >= 4 is 12.4 Å². The monoisotopic (exact) mass is 323 g/mol. The molecular formula is C17H26ClN3O. The third-order valence-corrected chi connectivity index (χ3v) is 6.56. The van der Waals surface area contributed by atoms with Crippen molar-refractivity contribution in [1.82, 2.24) is 15.5 Å². The largest absolute Gasteiger partial charge is 0.338 e. The summed E-state index contributed by atoms with van der Waals surface area (Å²) in [5.74, 6) is 4.70. The van der Waals surface area contributed by atoms with Crippen LogP contribution in [0.5, 0.6) is 0 Å². The molecule has 122 valence electrons. The smallest absolute Gasteiger partial charge is 0.243 e. The Bertz CT molecular complexity index is 502. The lowest BCUT2D eigenvalue weighted by Crippen LogP contribution is -2.49. The molecule has 0 unspecified atom stereocenters. The molecule has 5 heteroatoms. The summed E-state index contributed by atoms with van der Waals surface area (Å²) >= 11 is 0. The zero-order valence-electron chi connectivity index (χ0n) is 13.1. The van der Waals surface area contributed by atoms with Gasteiger partial charge in [0.05, 0.1) is 6.04 Å². The highest BCUT2D eigenvalue weighted by Crippen LogP contribution is 2.60. The topological polar surface area (TPSA) is 51.0 Å². The number of nitrogens with one attached hydrogen (secondary N) is 1. The molecule has 4 saturated carbocycles. The lowest BCUT2D eigenvalue weighted by Gasteiger charge is -2.55. The summed E-state index contributed by atoms with van der Waals surface area (Å²) in [6, 6.07) is 0.300. The summed E-state index contributed by atoms with van der Waals surface area (Å²) in [6.07, 6.45) is 12.0. The summed E-state index contributed by atoms with van der Waals surface area (Å²) in [7, 11) is 0.